The van der Waals surface area contributed by atoms with Gasteiger partial charge >= 0.3 is 28.5 Å². The van der Waals surface area contributed by atoms with Crippen molar-refractivity contribution < 1.29 is 2.69 Å². The van der Waals surface area contributed by atoms with Crippen LogP contribution in [0.25, 0.3) is 0 Å². The van der Waals surface area contributed by atoms with Crippen LogP contribution in [0.4, 0.5) is 0 Å². The van der Waals surface area contributed by atoms with Gasteiger partial charge in [-0.25, -0.2) is 0 Å². The minimum absolute atomic E-state index is 0.0556. The van der Waals surface area contributed by atoms with E-state index in [0.717, 1.165) is 0 Å². The Morgan fingerprint density at radius 2 is 1.80 bits per heavy atom. The second kappa shape index (κ2) is 35.5. The SMILES string of the molecule is N#CN.[O]=[Pb]. The Morgan fingerprint density at radius 1 is 1.80 bits per heavy atom. The number of rotatable bonds is 0. The van der Waals surface area contributed by atoms with Crippen molar-refractivity contribution in [2.24, 2.45) is 5.73 Å². The summed E-state index contributed by atoms with van der Waals surface area (Å²) >= 11 is 0.0556. The van der Waals surface area contributed by atoms with Crippen molar-refractivity contribution in [2.75, 3.05) is 0 Å². The molecule has 2 N–H and O–H groups in total. The Labute approximate surface area is 45.9 Å². The fourth-order valence-corrected chi connectivity index (χ4v) is 0. The maximum absolute atomic E-state index is 8.39. The Bertz CT molecular complexity index is 39.4. The average molecular weight is 265 g/mol. The summed E-state index contributed by atoms with van der Waals surface area (Å²) in [7, 11) is 0. The van der Waals surface area contributed by atoms with E-state index in [1.165, 1.54) is 6.19 Å². The van der Waals surface area contributed by atoms with Crippen LogP contribution in [0.2, 0.25) is 0 Å². The predicted molar refractivity (Wildman–Crippen MR) is 16.2 cm³/mol. The van der Waals surface area contributed by atoms with E-state index in [9.17, 15) is 0 Å². The third kappa shape index (κ3) is 111000. The predicted octanol–water partition coefficient (Wildman–Crippen LogP) is -1.07. The van der Waals surface area contributed by atoms with E-state index < -0.39 is 0 Å². The molecule has 26 valence electrons. The molecule has 0 aromatic carbocycles. The van der Waals surface area contributed by atoms with E-state index in [4.69, 9.17) is 7.95 Å². The second-order valence-electron chi connectivity index (χ2n) is 0.129. The van der Waals surface area contributed by atoms with Gasteiger partial charge in [-0.05, 0) is 0 Å². The zero-order valence-corrected chi connectivity index (χ0v) is 6.32. The molecule has 0 saturated carbocycles. The van der Waals surface area contributed by atoms with Crippen LogP contribution in [0.1, 0.15) is 0 Å². The number of nitrogens with zero attached hydrogens (tertiary/aromatic N) is 1. The summed E-state index contributed by atoms with van der Waals surface area (Å²) in [6.07, 6.45) is 1.25. The summed E-state index contributed by atoms with van der Waals surface area (Å²) in [5.74, 6) is 0. The van der Waals surface area contributed by atoms with Crippen molar-refractivity contribution in [3.05, 3.63) is 0 Å². The monoisotopic (exact) mass is 266 g/mol. The normalized spacial score (nSPS) is 2.20. The molecular formula is CH2N2OPb. The number of nitrogens with two attached hydrogens (primary N) is 1. The molecule has 5 heavy (non-hydrogen) atoms. The Kier molecular flexibility index (Phi) is 63.2. The van der Waals surface area contributed by atoms with E-state index in [-0.39, 0.29) is 25.8 Å². The van der Waals surface area contributed by atoms with Gasteiger partial charge in [-0.2, -0.15) is 5.26 Å². The Balaban J connectivity index is 0. The summed E-state index contributed by atoms with van der Waals surface area (Å²) in [4.78, 5) is 0. The minimum atomic E-state index is 0.0556. The van der Waals surface area contributed by atoms with E-state index in [0.29, 0.717) is 0 Å². The number of hydrogen-bond donors (Lipinski definition) is 1. The van der Waals surface area contributed by atoms with E-state index in [2.05, 4.69) is 5.73 Å². The van der Waals surface area contributed by atoms with Crippen molar-refractivity contribution >= 4 is 25.8 Å². The molecule has 0 unspecified atom stereocenters. The van der Waals surface area contributed by atoms with Gasteiger partial charge in [0.15, 0.2) is 6.19 Å². The van der Waals surface area contributed by atoms with Gasteiger partial charge in [0.05, 0.1) is 0 Å². The molecule has 0 bridgehead atoms. The summed E-state index contributed by atoms with van der Waals surface area (Å²) in [5.41, 5.74) is 4.15. The van der Waals surface area contributed by atoms with Crippen LogP contribution < -0.4 is 5.73 Å². The molecule has 0 amide bonds. The molecule has 0 atom stereocenters. The first-order chi connectivity index (χ1) is 2.41. The molecule has 0 rings (SSSR count). The van der Waals surface area contributed by atoms with Gasteiger partial charge < -0.3 is 5.73 Å². The Morgan fingerprint density at radius 3 is 1.80 bits per heavy atom. The fraction of sp³-hybridized carbons (Fsp3) is 0. The molecule has 0 heterocycles. The molecule has 0 aromatic heterocycles. The summed E-state index contributed by atoms with van der Waals surface area (Å²) < 4.78 is 8.39. The van der Waals surface area contributed by atoms with Crippen LogP contribution in [-0.4, -0.2) is 25.8 Å². The first kappa shape index (κ1) is 8.89. The van der Waals surface area contributed by atoms with Gasteiger partial charge in [-0.3, -0.25) is 0 Å². The van der Waals surface area contributed by atoms with Crippen LogP contribution in [-0.2, 0) is 2.69 Å². The van der Waals surface area contributed by atoms with Crippen LogP contribution in [0.5, 0.6) is 0 Å². The Hall–Kier alpha value is 0.0121. The molecule has 2 radical (unpaired) electrons. The fourth-order valence-electron chi connectivity index (χ4n) is 0. The van der Waals surface area contributed by atoms with Gasteiger partial charge in [0.2, 0.25) is 0 Å². The summed E-state index contributed by atoms with van der Waals surface area (Å²) in [6.45, 7) is 0. The van der Waals surface area contributed by atoms with Crippen molar-refractivity contribution in [3.63, 3.8) is 0 Å². The van der Waals surface area contributed by atoms with Crippen LogP contribution in [0.15, 0.2) is 0 Å². The molecule has 0 fully saturated rings. The van der Waals surface area contributed by atoms with E-state index >= 15 is 0 Å². The zero-order chi connectivity index (χ0) is 4.71. The molecule has 4 heteroatoms. The van der Waals surface area contributed by atoms with Crippen LogP contribution >= 0.6 is 0 Å². The molecule has 0 saturated heterocycles. The summed E-state index contributed by atoms with van der Waals surface area (Å²) in [6, 6.07) is 0. The van der Waals surface area contributed by atoms with Gasteiger partial charge in [-0.1, -0.05) is 0 Å². The van der Waals surface area contributed by atoms with Gasteiger partial charge in [0, 0.05) is 0 Å². The molecule has 0 aromatic rings. The second-order valence-corrected chi connectivity index (χ2v) is 0.129. The topological polar surface area (TPSA) is 66.9 Å². The van der Waals surface area contributed by atoms with E-state index in [1.807, 2.05) is 0 Å². The van der Waals surface area contributed by atoms with Crippen LogP contribution in [0, 0.1) is 11.5 Å². The zero-order valence-electron chi connectivity index (χ0n) is 2.43. The van der Waals surface area contributed by atoms with Crippen LogP contribution in [0.3, 0.4) is 0 Å². The molecule has 0 aliphatic heterocycles. The first-order valence-electron chi connectivity index (χ1n) is 0.716. The van der Waals surface area contributed by atoms with Crippen molar-refractivity contribution in [3.8, 4) is 6.19 Å². The quantitative estimate of drug-likeness (QED) is 0.344. The summed E-state index contributed by atoms with van der Waals surface area (Å²) in [5, 5.41) is 7.10. The third-order valence-electron chi connectivity index (χ3n) is 0. The van der Waals surface area contributed by atoms with Crippen molar-refractivity contribution in [1.82, 2.24) is 0 Å². The standard InChI is InChI=1S/CH2N2.O.Pb/c2-1-3;;/h2H2;;. The maximum atomic E-state index is 8.39. The number of nitriles is 1. The van der Waals surface area contributed by atoms with E-state index in [1.54, 1.807) is 0 Å². The van der Waals surface area contributed by atoms with Gasteiger partial charge in [0.1, 0.15) is 0 Å². The first-order valence-corrected chi connectivity index (χ1v) is 2.30. The molecule has 0 aliphatic rings. The third-order valence-corrected chi connectivity index (χ3v) is 0. The molecule has 0 aliphatic carbocycles. The molecular weight excluding hydrogens is 263 g/mol. The van der Waals surface area contributed by atoms with Crippen molar-refractivity contribution in [2.45, 2.75) is 0 Å². The van der Waals surface area contributed by atoms with Gasteiger partial charge in [0.25, 0.3) is 0 Å². The van der Waals surface area contributed by atoms with Crippen molar-refractivity contribution in [1.29, 1.82) is 5.26 Å². The molecule has 3 nitrogen and oxygen atoms in total. The molecule has 0 spiro atoms. The van der Waals surface area contributed by atoms with Gasteiger partial charge in [-0.15, -0.1) is 0 Å². The number of hydrogen-bond acceptors (Lipinski definition) is 3. The average Bonchev–Trinajstić information content (AvgIpc) is 1.46.